The Balaban J connectivity index is 2.16. The van der Waals surface area contributed by atoms with Crippen molar-refractivity contribution in [2.75, 3.05) is 0 Å². The molecule has 0 aliphatic heterocycles. The van der Waals surface area contributed by atoms with Gasteiger partial charge in [0.2, 0.25) is 5.91 Å². The number of amides is 1. The molecule has 9 heteroatoms. The SMILES string of the molecule is CCc1cc2c(=O)n(C(CC)C(N)=O)c(Cc3ccc([N+](=O)[O-])cc3)nc2s1. The number of carbonyl (C=O) groups is 1. The summed E-state index contributed by atoms with van der Waals surface area (Å²) < 4.78 is 1.37. The Kier molecular flexibility index (Phi) is 5.55. The van der Waals surface area contributed by atoms with Crippen LogP contribution in [0.5, 0.6) is 0 Å². The van der Waals surface area contributed by atoms with Gasteiger partial charge in [0.25, 0.3) is 11.2 Å². The Morgan fingerprint density at radius 1 is 1.32 bits per heavy atom. The number of hydrogen-bond acceptors (Lipinski definition) is 6. The molecular formula is C19H20N4O4S. The van der Waals surface area contributed by atoms with Gasteiger partial charge >= 0.3 is 0 Å². The lowest BCUT2D eigenvalue weighted by molar-refractivity contribution is -0.384. The van der Waals surface area contributed by atoms with Crippen molar-refractivity contribution in [2.24, 2.45) is 5.73 Å². The van der Waals surface area contributed by atoms with Crippen LogP contribution in [0, 0.1) is 10.1 Å². The summed E-state index contributed by atoms with van der Waals surface area (Å²) in [4.78, 5) is 41.8. The summed E-state index contributed by atoms with van der Waals surface area (Å²) in [6.07, 6.45) is 1.40. The number of hydrogen-bond donors (Lipinski definition) is 1. The summed E-state index contributed by atoms with van der Waals surface area (Å²) in [5, 5.41) is 11.3. The average Bonchev–Trinajstić information content (AvgIpc) is 3.08. The molecule has 1 amide bonds. The molecule has 3 aromatic rings. The molecule has 2 N–H and O–H groups in total. The third-order valence-electron chi connectivity index (χ3n) is 4.61. The van der Waals surface area contributed by atoms with Crippen molar-refractivity contribution in [3.63, 3.8) is 0 Å². The zero-order chi connectivity index (χ0) is 20.4. The molecule has 28 heavy (non-hydrogen) atoms. The molecule has 0 aliphatic rings. The maximum Gasteiger partial charge on any atom is 0.269 e. The third-order valence-corrected chi connectivity index (χ3v) is 5.78. The first-order valence-corrected chi connectivity index (χ1v) is 9.73. The van der Waals surface area contributed by atoms with Crippen molar-refractivity contribution < 1.29 is 9.72 Å². The minimum Gasteiger partial charge on any atom is -0.368 e. The Morgan fingerprint density at radius 3 is 2.54 bits per heavy atom. The molecule has 3 rings (SSSR count). The van der Waals surface area contributed by atoms with Crippen molar-refractivity contribution in [1.82, 2.24) is 9.55 Å². The van der Waals surface area contributed by atoms with Crippen LogP contribution < -0.4 is 11.3 Å². The molecule has 146 valence electrons. The van der Waals surface area contributed by atoms with Crippen LogP contribution >= 0.6 is 11.3 Å². The van der Waals surface area contributed by atoms with E-state index in [4.69, 9.17) is 5.73 Å². The fourth-order valence-corrected chi connectivity index (χ4v) is 4.11. The highest BCUT2D eigenvalue weighted by Gasteiger charge is 2.23. The second-order valence-corrected chi connectivity index (χ2v) is 7.53. The first-order chi connectivity index (χ1) is 13.3. The first-order valence-electron chi connectivity index (χ1n) is 8.92. The summed E-state index contributed by atoms with van der Waals surface area (Å²) >= 11 is 1.45. The first kappa shape index (κ1) is 19.7. The number of aromatic nitrogens is 2. The molecule has 1 unspecified atom stereocenters. The number of aryl methyl sites for hydroxylation is 1. The molecule has 0 fully saturated rings. The van der Waals surface area contributed by atoms with E-state index in [9.17, 15) is 19.7 Å². The molecule has 8 nitrogen and oxygen atoms in total. The number of nitro benzene ring substituents is 1. The van der Waals surface area contributed by atoms with Crippen LogP contribution in [0.15, 0.2) is 35.1 Å². The van der Waals surface area contributed by atoms with E-state index in [1.54, 1.807) is 19.1 Å². The van der Waals surface area contributed by atoms with E-state index in [2.05, 4.69) is 4.98 Å². The van der Waals surface area contributed by atoms with Crippen LogP contribution in [-0.2, 0) is 17.6 Å². The second kappa shape index (κ2) is 7.89. The van der Waals surface area contributed by atoms with Gasteiger partial charge in [0.15, 0.2) is 0 Å². The van der Waals surface area contributed by atoms with Crippen molar-refractivity contribution >= 4 is 33.1 Å². The number of carbonyl (C=O) groups excluding carboxylic acids is 1. The lowest BCUT2D eigenvalue weighted by Crippen LogP contribution is -2.36. The number of nitrogens with zero attached hydrogens (tertiary/aromatic N) is 3. The molecule has 1 atom stereocenters. The topological polar surface area (TPSA) is 121 Å². The zero-order valence-electron chi connectivity index (χ0n) is 15.5. The van der Waals surface area contributed by atoms with Gasteiger partial charge in [0.1, 0.15) is 16.7 Å². The van der Waals surface area contributed by atoms with E-state index in [1.807, 2.05) is 13.0 Å². The van der Waals surface area contributed by atoms with Gasteiger partial charge in [-0.05, 0) is 24.5 Å². The van der Waals surface area contributed by atoms with Crippen LogP contribution in [0.2, 0.25) is 0 Å². The Labute approximate surface area is 164 Å². The normalized spacial score (nSPS) is 12.2. The number of thiophene rings is 1. The summed E-state index contributed by atoms with van der Waals surface area (Å²) in [5.41, 5.74) is 5.98. The van der Waals surface area contributed by atoms with E-state index in [1.165, 1.54) is 28.0 Å². The average molecular weight is 400 g/mol. The van der Waals surface area contributed by atoms with Gasteiger partial charge in [0, 0.05) is 23.4 Å². The highest BCUT2D eigenvalue weighted by atomic mass is 32.1. The molecule has 1 aromatic carbocycles. The van der Waals surface area contributed by atoms with Gasteiger partial charge in [-0.1, -0.05) is 26.0 Å². The lowest BCUT2D eigenvalue weighted by atomic mass is 10.1. The van der Waals surface area contributed by atoms with E-state index in [0.717, 1.165) is 16.9 Å². The molecule has 0 saturated heterocycles. The minimum absolute atomic E-state index is 0.0148. The monoisotopic (exact) mass is 400 g/mol. The summed E-state index contributed by atoms with van der Waals surface area (Å²) in [7, 11) is 0. The van der Waals surface area contributed by atoms with Crippen LogP contribution in [0.25, 0.3) is 10.2 Å². The fourth-order valence-electron chi connectivity index (χ4n) is 3.14. The fraction of sp³-hybridized carbons (Fsp3) is 0.316. The number of primary amides is 1. The number of nitro groups is 1. The van der Waals surface area contributed by atoms with E-state index in [-0.39, 0.29) is 17.7 Å². The van der Waals surface area contributed by atoms with Crippen LogP contribution in [0.1, 0.15) is 42.6 Å². The van der Waals surface area contributed by atoms with Crippen LogP contribution in [0.4, 0.5) is 5.69 Å². The number of benzene rings is 1. The minimum atomic E-state index is -0.803. The maximum absolute atomic E-state index is 13.1. The Bertz CT molecular complexity index is 1100. The summed E-state index contributed by atoms with van der Waals surface area (Å²) in [6, 6.07) is 7.06. The Hall–Kier alpha value is -3.07. The molecule has 0 aliphatic carbocycles. The molecule has 0 bridgehead atoms. The van der Waals surface area contributed by atoms with Gasteiger partial charge in [-0.3, -0.25) is 24.3 Å². The summed E-state index contributed by atoms with van der Waals surface area (Å²) in [6.45, 7) is 3.78. The van der Waals surface area contributed by atoms with E-state index < -0.39 is 16.9 Å². The molecule has 0 radical (unpaired) electrons. The van der Waals surface area contributed by atoms with Gasteiger partial charge < -0.3 is 5.73 Å². The molecule has 0 spiro atoms. The standard InChI is InChI=1S/C19H20N4O4S/c1-3-13-10-14-18(28-13)21-16(22(19(14)25)15(4-2)17(20)24)9-11-5-7-12(8-6-11)23(26)27/h5-8,10,15H,3-4,9H2,1-2H3,(H2,20,24). The maximum atomic E-state index is 13.1. The molecule has 2 heterocycles. The van der Waals surface area contributed by atoms with Gasteiger partial charge in [-0.25, -0.2) is 4.98 Å². The van der Waals surface area contributed by atoms with Gasteiger partial charge in [-0.2, -0.15) is 0 Å². The molecular weight excluding hydrogens is 380 g/mol. The number of fused-ring (bicyclic) bond motifs is 1. The second-order valence-electron chi connectivity index (χ2n) is 6.42. The highest BCUT2D eigenvalue weighted by molar-refractivity contribution is 7.18. The van der Waals surface area contributed by atoms with E-state index in [0.29, 0.717) is 22.5 Å². The van der Waals surface area contributed by atoms with Gasteiger partial charge in [-0.15, -0.1) is 11.3 Å². The molecule has 2 aromatic heterocycles. The van der Waals surface area contributed by atoms with Crippen molar-refractivity contribution in [3.8, 4) is 0 Å². The van der Waals surface area contributed by atoms with Gasteiger partial charge in [0.05, 0.1) is 10.3 Å². The van der Waals surface area contributed by atoms with Crippen molar-refractivity contribution in [2.45, 2.75) is 39.2 Å². The van der Waals surface area contributed by atoms with Crippen LogP contribution in [-0.4, -0.2) is 20.4 Å². The number of rotatable bonds is 7. The smallest absolute Gasteiger partial charge is 0.269 e. The summed E-state index contributed by atoms with van der Waals surface area (Å²) in [5.74, 6) is -0.178. The predicted octanol–water partition coefficient (Wildman–Crippen LogP) is 2.96. The van der Waals surface area contributed by atoms with Crippen LogP contribution in [0.3, 0.4) is 0 Å². The predicted molar refractivity (Wildman–Crippen MR) is 108 cm³/mol. The highest BCUT2D eigenvalue weighted by Crippen LogP contribution is 2.25. The number of non-ortho nitro benzene ring substituents is 1. The quantitative estimate of drug-likeness (QED) is 0.483. The lowest BCUT2D eigenvalue weighted by Gasteiger charge is -2.19. The largest absolute Gasteiger partial charge is 0.368 e. The molecule has 0 saturated carbocycles. The van der Waals surface area contributed by atoms with Crippen molar-refractivity contribution in [3.05, 3.63) is 67.1 Å². The van der Waals surface area contributed by atoms with E-state index >= 15 is 0 Å². The number of nitrogens with two attached hydrogens (primary N) is 1. The zero-order valence-corrected chi connectivity index (χ0v) is 16.4. The van der Waals surface area contributed by atoms with Crippen molar-refractivity contribution in [1.29, 1.82) is 0 Å². The third kappa shape index (κ3) is 3.65. The Morgan fingerprint density at radius 2 is 2.00 bits per heavy atom.